The number of hydrogen-bond donors (Lipinski definition) is 1. The van der Waals surface area contributed by atoms with Crippen LogP contribution in [0.25, 0.3) is 0 Å². The van der Waals surface area contributed by atoms with Crippen LogP contribution in [-0.4, -0.2) is 61.4 Å². The molecule has 1 unspecified atom stereocenters. The van der Waals surface area contributed by atoms with Gasteiger partial charge in [0, 0.05) is 38.3 Å². The van der Waals surface area contributed by atoms with Gasteiger partial charge in [0.1, 0.15) is 0 Å². The number of nitrogens with zero attached hydrogens (tertiary/aromatic N) is 1. The first-order valence-corrected chi connectivity index (χ1v) is 9.02. The molecule has 1 aliphatic rings. The lowest BCUT2D eigenvalue weighted by atomic mass is 10.1. The molecule has 0 spiro atoms. The van der Waals surface area contributed by atoms with Crippen molar-refractivity contribution in [1.29, 1.82) is 0 Å². The summed E-state index contributed by atoms with van der Waals surface area (Å²) >= 11 is 0. The van der Waals surface area contributed by atoms with E-state index in [9.17, 15) is 14.7 Å². The van der Waals surface area contributed by atoms with E-state index in [0.29, 0.717) is 56.5 Å². The monoisotopic (exact) mass is 365 g/mol. The lowest BCUT2D eigenvalue weighted by Gasteiger charge is -2.25. The SMILES string of the molecule is CCOCCCN(CC(C)C(=O)O)C(=O)c1ccc2c(c1)OCCCO2. The number of aliphatic carboxylic acids is 1. The lowest BCUT2D eigenvalue weighted by Crippen LogP contribution is -2.38. The standard InChI is InChI=1S/C19H27NO6/c1-3-24-9-4-8-20(13-14(2)19(22)23)18(21)15-6-7-16-17(12-15)26-11-5-10-25-16/h6-7,12,14H,3-5,8-11,13H2,1-2H3,(H,22,23). The second-order valence-corrected chi connectivity index (χ2v) is 6.25. The molecule has 0 saturated heterocycles. The Balaban J connectivity index is 2.13. The fourth-order valence-corrected chi connectivity index (χ4v) is 2.67. The molecular formula is C19H27NO6. The molecule has 0 radical (unpaired) electrons. The molecule has 144 valence electrons. The smallest absolute Gasteiger partial charge is 0.308 e. The number of rotatable bonds is 9. The predicted molar refractivity (Wildman–Crippen MR) is 95.9 cm³/mol. The third-order valence-corrected chi connectivity index (χ3v) is 4.12. The average molecular weight is 365 g/mol. The van der Waals surface area contributed by atoms with Gasteiger partial charge in [0.2, 0.25) is 0 Å². The summed E-state index contributed by atoms with van der Waals surface area (Å²) in [5, 5.41) is 9.18. The van der Waals surface area contributed by atoms with Crippen LogP contribution in [0.15, 0.2) is 18.2 Å². The Labute approximate surface area is 153 Å². The molecule has 1 aromatic carbocycles. The number of benzene rings is 1. The van der Waals surface area contributed by atoms with Gasteiger partial charge in [0.25, 0.3) is 5.91 Å². The zero-order valence-corrected chi connectivity index (χ0v) is 15.4. The van der Waals surface area contributed by atoms with E-state index in [1.54, 1.807) is 30.0 Å². The topological polar surface area (TPSA) is 85.3 Å². The van der Waals surface area contributed by atoms with Crippen LogP contribution in [0.4, 0.5) is 0 Å². The van der Waals surface area contributed by atoms with E-state index >= 15 is 0 Å². The van der Waals surface area contributed by atoms with Crippen molar-refractivity contribution < 1.29 is 28.9 Å². The number of carboxylic acid groups (broad SMARTS) is 1. The van der Waals surface area contributed by atoms with Gasteiger partial charge in [0.05, 0.1) is 19.1 Å². The first kappa shape index (κ1) is 20.0. The summed E-state index contributed by atoms with van der Waals surface area (Å²) in [5.41, 5.74) is 0.461. The Morgan fingerprint density at radius 1 is 1.27 bits per heavy atom. The van der Waals surface area contributed by atoms with Crippen LogP contribution >= 0.6 is 0 Å². The van der Waals surface area contributed by atoms with Gasteiger partial charge in [-0.2, -0.15) is 0 Å². The highest BCUT2D eigenvalue weighted by Gasteiger charge is 2.23. The van der Waals surface area contributed by atoms with Crippen LogP contribution in [0.1, 0.15) is 37.0 Å². The molecule has 0 bridgehead atoms. The average Bonchev–Trinajstić information content (AvgIpc) is 2.88. The molecule has 1 N–H and O–H groups in total. The van der Waals surface area contributed by atoms with Crippen molar-refractivity contribution in [3.05, 3.63) is 23.8 Å². The van der Waals surface area contributed by atoms with Crippen LogP contribution in [0.2, 0.25) is 0 Å². The van der Waals surface area contributed by atoms with Gasteiger partial charge in [0.15, 0.2) is 11.5 Å². The first-order chi connectivity index (χ1) is 12.5. The van der Waals surface area contributed by atoms with Crippen molar-refractivity contribution in [2.24, 2.45) is 5.92 Å². The third kappa shape index (κ3) is 5.62. The van der Waals surface area contributed by atoms with Gasteiger partial charge < -0.3 is 24.2 Å². The Kier molecular flexibility index (Phi) is 7.72. The number of carboxylic acids is 1. The number of carbonyl (C=O) groups excluding carboxylic acids is 1. The normalized spacial score (nSPS) is 14.4. The van der Waals surface area contributed by atoms with Crippen molar-refractivity contribution in [2.45, 2.75) is 26.7 Å². The predicted octanol–water partition coefficient (Wildman–Crippen LogP) is 2.44. The highest BCUT2D eigenvalue weighted by molar-refractivity contribution is 5.95. The highest BCUT2D eigenvalue weighted by Crippen LogP contribution is 2.30. The molecule has 26 heavy (non-hydrogen) atoms. The lowest BCUT2D eigenvalue weighted by molar-refractivity contribution is -0.141. The van der Waals surface area contributed by atoms with Crippen LogP contribution in [0, 0.1) is 5.92 Å². The van der Waals surface area contributed by atoms with E-state index in [4.69, 9.17) is 14.2 Å². The number of carbonyl (C=O) groups is 2. The molecule has 1 aliphatic heterocycles. The summed E-state index contributed by atoms with van der Waals surface area (Å²) in [6.45, 7) is 6.36. The summed E-state index contributed by atoms with van der Waals surface area (Å²) in [6, 6.07) is 5.09. The van der Waals surface area contributed by atoms with Crippen molar-refractivity contribution in [1.82, 2.24) is 4.90 Å². The molecule has 0 aliphatic carbocycles. The van der Waals surface area contributed by atoms with Crippen molar-refractivity contribution in [2.75, 3.05) is 39.5 Å². The summed E-state index contributed by atoms with van der Waals surface area (Å²) in [4.78, 5) is 25.7. The van der Waals surface area contributed by atoms with Crippen LogP contribution in [-0.2, 0) is 9.53 Å². The van der Waals surface area contributed by atoms with E-state index in [0.717, 1.165) is 6.42 Å². The second kappa shape index (κ2) is 10.0. The van der Waals surface area contributed by atoms with Gasteiger partial charge in [-0.05, 0) is 31.5 Å². The minimum absolute atomic E-state index is 0.148. The number of hydrogen-bond acceptors (Lipinski definition) is 5. The minimum atomic E-state index is -0.925. The number of amides is 1. The van der Waals surface area contributed by atoms with Crippen LogP contribution < -0.4 is 9.47 Å². The third-order valence-electron chi connectivity index (χ3n) is 4.12. The van der Waals surface area contributed by atoms with Gasteiger partial charge in [-0.3, -0.25) is 9.59 Å². The summed E-state index contributed by atoms with van der Waals surface area (Å²) in [7, 11) is 0. The fourth-order valence-electron chi connectivity index (χ4n) is 2.67. The minimum Gasteiger partial charge on any atom is -0.490 e. The van der Waals surface area contributed by atoms with Crippen LogP contribution in [0.3, 0.4) is 0 Å². The number of ether oxygens (including phenoxy) is 3. The van der Waals surface area contributed by atoms with Gasteiger partial charge in [-0.1, -0.05) is 6.92 Å². The van der Waals surface area contributed by atoms with E-state index < -0.39 is 11.9 Å². The molecule has 0 fully saturated rings. The molecule has 1 amide bonds. The molecule has 1 aromatic rings. The molecule has 1 heterocycles. The number of fused-ring (bicyclic) bond motifs is 1. The van der Waals surface area contributed by atoms with E-state index in [2.05, 4.69) is 0 Å². The van der Waals surface area contributed by atoms with Crippen LogP contribution in [0.5, 0.6) is 11.5 Å². The second-order valence-electron chi connectivity index (χ2n) is 6.25. The maximum atomic E-state index is 12.9. The highest BCUT2D eigenvalue weighted by atomic mass is 16.5. The molecule has 2 rings (SSSR count). The Morgan fingerprint density at radius 2 is 2.00 bits per heavy atom. The molecule has 7 heteroatoms. The van der Waals surface area contributed by atoms with Gasteiger partial charge >= 0.3 is 5.97 Å². The largest absolute Gasteiger partial charge is 0.490 e. The van der Waals surface area contributed by atoms with Crippen molar-refractivity contribution in [3.8, 4) is 11.5 Å². The van der Waals surface area contributed by atoms with E-state index in [1.165, 1.54) is 0 Å². The summed E-state index contributed by atoms with van der Waals surface area (Å²) < 4.78 is 16.5. The quantitative estimate of drug-likeness (QED) is 0.677. The Bertz CT molecular complexity index is 618. The van der Waals surface area contributed by atoms with Gasteiger partial charge in [-0.25, -0.2) is 0 Å². The maximum Gasteiger partial charge on any atom is 0.308 e. The van der Waals surface area contributed by atoms with Gasteiger partial charge in [-0.15, -0.1) is 0 Å². The molecular weight excluding hydrogens is 338 g/mol. The van der Waals surface area contributed by atoms with Crippen molar-refractivity contribution in [3.63, 3.8) is 0 Å². The van der Waals surface area contributed by atoms with E-state index in [-0.39, 0.29) is 12.5 Å². The Morgan fingerprint density at radius 3 is 2.69 bits per heavy atom. The molecule has 0 aromatic heterocycles. The van der Waals surface area contributed by atoms with Crippen molar-refractivity contribution >= 4 is 11.9 Å². The molecule has 7 nitrogen and oxygen atoms in total. The maximum absolute atomic E-state index is 12.9. The summed E-state index contributed by atoms with van der Waals surface area (Å²) in [6.07, 6.45) is 1.44. The molecule has 1 atom stereocenters. The van der Waals surface area contributed by atoms with E-state index in [1.807, 2.05) is 6.92 Å². The zero-order valence-electron chi connectivity index (χ0n) is 15.4. The fraction of sp³-hybridized carbons (Fsp3) is 0.579. The Hall–Kier alpha value is -2.28. The summed E-state index contributed by atoms with van der Waals surface area (Å²) in [5.74, 6) is -0.613. The first-order valence-electron chi connectivity index (χ1n) is 9.02. The molecule has 0 saturated carbocycles. The zero-order chi connectivity index (χ0) is 18.9.